The van der Waals surface area contributed by atoms with Crippen molar-refractivity contribution in [1.82, 2.24) is 10.3 Å². The number of rotatable bonds is 2. The topological polar surface area (TPSA) is 68.3 Å². The van der Waals surface area contributed by atoms with Crippen LogP contribution >= 0.6 is 0 Å². The fourth-order valence-corrected chi connectivity index (χ4v) is 3.11. The van der Waals surface area contributed by atoms with E-state index in [0.717, 1.165) is 0 Å². The number of carbonyl (C=O) groups excluding carboxylic acids is 2. The third kappa shape index (κ3) is 2.58. The van der Waals surface area contributed by atoms with Crippen LogP contribution in [0.1, 0.15) is 29.8 Å². The molecule has 0 radical (unpaired) electrons. The molecule has 118 valence electrons. The second kappa shape index (κ2) is 5.05. The molecule has 5 nitrogen and oxygen atoms in total. The number of nitrogens with zero attached hydrogens (tertiary/aromatic N) is 1. The Bertz CT molecular complexity index is 597. The van der Waals surface area contributed by atoms with Gasteiger partial charge in [-0.15, -0.1) is 0 Å². The van der Waals surface area contributed by atoms with E-state index in [4.69, 9.17) is 4.74 Å². The van der Waals surface area contributed by atoms with Crippen molar-refractivity contribution in [1.29, 1.82) is 0 Å². The number of pyridine rings is 1. The zero-order valence-electron chi connectivity index (χ0n) is 11.4. The first-order valence-corrected chi connectivity index (χ1v) is 6.82. The molecular formula is C14H13F3N2O3. The number of halogens is 3. The summed E-state index contributed by atoms with van der Waals surface area (Å²) in [6, 6.07) is 4.14. The van der Waals surface area contributed by atoms with E-state index < -0.39 is 36.0 Å². The number of esters is 2. The molecule has 1 aromatic rings. The van der Waals surface area contributed by atoms with Gasteiger partial charge in [-0.25, -0.2) is 14.6 Å². The lowest BCUT2D eigenvalue weighted by Gasteiger charge is -2.54. The molecule has 0 spiro atoms. The lowest BCUT2D eigenvalue weighted by molar-refractivity contribution is -0.207. The minimum absolute atomic E-state index is 0.0489. The van der Waals surface area contributed by atoms with Crippen molar-refractivity contribution < 1.29 is 27.5 Å². The smallest absolute Gasteiger partial charge is 0.387 e. The van der Waals surface area contributed by atoms with Crippen LogP contribution in [0, 0.1) is 5.92 Å². The summed E-state index contributed by atoms with van der Waals surface area (Å²) in [4.78, 5) is 27.6. The summed E-state index contributed by atoms with van der Waals surface area (Å²) in [6.07, 6.45) is -3.18. The summed E-state index contributed by atoms with van der Waals surface area (Å²) >= 11 is 0. The highest BCUT2D eigenvalue weighted by molar-refractivity contribution is 5.98. The van der Waals surface area contributed by atoms with Gasteiger partial charge in [-0.2, -0.15) is 13.2 Å². The van der Waals surface area contributed by atoms with E-state index in [1.54, 1.807) is 12.1 Å². The van der Waals surface area contributed by atoms with Gasteiger partial charge in [0.05, 0.1) is 5.92 Å². The van der Waals surface area contributed by atoms with Crippen LogP contribution in [-0.2, 0) is 9.53 Å². The Morgan fingerprint density at radius 2 is 2.05 bits per heavy atom. The minimum atomic E-state index is -4.35. The SMILES string of the molecule is O=C(OC(=O)C12CC(CC(C(F)(F)F)C1)N2)c1ccccn1. The molecular weight excluding hydrogens is 301 g/mol. The van der Waals surface area contributed by atoms with E-state index in [9.17, 15) is 22.8 Å². The molecule has 0 amide bonds. The van der Waals surface area contributed by atoms with Gasteiger partial charge in [0.25, 0.3) is 0 Å². The third-order valence-corrected chi connectivity index (χ3v) is 4.15. The Morgan fingerprint density at radius 1 is 1.32 bits per heavy atom. The van der Waals surface area contributed by atoms with E-state index in [2.05, 4.69) is 10.3 Å². The van der Waals surface area contributed by atoms with Crippen LogP contribution < -0.4 is 5.32 Å². The number of aromatic nitrogens is 1. The Kier molecular flexibility index (Phi) is 3.43. The first kappa shape index (κ1) is 15.0. The largest absolute Gasteiger partial charge is 0.391 e. The van der Waals surface area contributed by atoms with Crippen LogP contribution in [-0.4, -0.2) is 34.7 Å². The summed E-state index contributed by atoms with van der Waals surface area (Å²) < 4.78 is 43.2. The zero-order valence-corrected chi connectivity index (χ0v) is 11.4. The van der Waals surface area contributed by atoms with Gasteiger partial charge in [0.2, 0.25) is 0 Å². The molecule has 22 heavy (non-hydrogen) atoms. The molecule has 1 aliphatic carbocycles. The van der Waals surface area contributed by atoms with Crippen LogP contribution in [0.5, 0.6) is 0 Å². The van der Waals surface area contributed by atoms with Crippen LogP contribution in [0.3, 0.4) is 0 Å². The summed E-state index contributed by atoms with van der Waals surface area (Å²) in [6.45, 7) is 0. The van der Waals surface area contributed by atoms with Gasteiger partial charge < -0.3 is 4.74 Å². The van der Waals surface area contributed by atoms with E-state index in [1.807, 2.05) is 0 Å². The van der Waals surface area contributed by atoms with Gasteiger partial charge in [-0.05, 0) is 31.4 Å². The third-order valence-electron chi connectivity index (χ3n) is 4.15. The van der Waals surface area contributed by atoms with Crippen molar-refractivity contribution in [2.75, 3.05) is 0 Å². The fourth-order valence-electron chi connectivity index (χ4n) is 3.11. The van der Waals surface area contributed by atoms with Crippen LogP contribution in [0.15, 0.2) is 24.4 Å². The standard InChI is InChI=1S/C14H13F3N2O3/c15-14(16,17)8-5-9-7-13(6-8,19-9)12(21)22-11(20)10-3-1-2-4-18-10/h1-4,8-9,19H,5-7H2. The number of fused-ring (bicyclic) bond motifs is 2. The van der Waals surface area contributed by atoms with Gasteiger partial charge in [0.15, 0.2) is 0 Å². The molecule has 0 aromatic carbocycles. The first-order chi connectivity index (χ1) is 10.3. The minimum Gasteiger partial charge on any atom is -0.387 e. The van der Waals surface area contributed by atoms with Crippen molar-refractivity contribution >= 4 is 11.9 Å². The van der Waals surface area contributed by atoms with Crippen molar-refractivity contribution in [2.24, 2.45) is 5.92 Å². The van der Waals surface area contributed by atoms with Crippen molar-refractivity contribution in [3.8, 4) is 0 Å². The molecule has 1 aromatic heterocycles. The highest BCUT2D eigenvalue weighted by atomic mass is 19.4. The number of piperidine rings is 1. The Balaban J connectivity index is 1.69. The molecule has 3 fully saturated rings. The summed E-state index contributed by atoms with van der Waals surface area (Å²) in [5.74, 6) is -3.47. The Labute approximate surface area is 123 Å². The molecule has 2 saturated heterocycles. The van der Waals surface area contributed by atoms with Gasteiger partial charge in [-0.3, -0.25) is 5.32 Å². The summed E-state index contributed by atoms with van der Waals surface area (Å²) in [5, 5.41) is 2.80. The molecule has 3 unspecified atom stereocenters. The molecule has 8 heteroatoms. The maximum atomic E-state index is 12.8. The number of alkyl halides is 3. The molecule has 4 rings (SSSR count). The van der Waals surface area contributed by atoms with Crippen molar-refractivity contribution in [3.05, 3.63) is 30.1 Å². The first-order valence-electron chi connectivity index (χ1n) is 6.82. The summed E-state index contributed by atoms with van der Waals surface area (Å²) in [5.41, 5.74) is -1.47. The normalized spacial score (nSPS) is 30.3. The second-order valence-corrected chi connectivity index (χ2v) is 5.70. The van der Waals surface area contributed by atoms with Gasteiger partial charge in [0.1, 0.15) is 11.2 Å². The number of hydrogen-bond donors (Lipinski definition) is 1. The quantitative estimate of drug-likeness (QED) is 0.666. The van der Waals surface area contributed by atoms with E-state index in [0.29, 0.717) is 0 Å². The maximum Gasteiger partial charge on any atom is 0.391 e. The number of hydrogen-bond acceptors (Lipinski definition) is 5. The monoisotopic (exact) mass is 314 g/mol. The van der Waals surface area contributed by atoms with Gasteiger partial charge in [0, 0.05) is 12.2 Å². The summed E-state index contributed by atoms with van der Waals surface area (Å²) in [7, 11) is 0. The van der Waals surface area contributed by atoms with E-state index >= 15 is 0 Å². The Morgan fingerprint density at radius 3 is 2.64 bits per heavy atom. The fraction of sp³-hybridized carbons (Fsp3) is 0.500. The van der Waals surface area contributed by atoms with Crippen LogP contribution in [0.4, 0.5) is 13.2 Å². The molecule has 2 bridgehead atoms. The average Bonchev–Trinajstić information content (AvgIpc) is 2.46. The highest BCUT2D eigenvalue weighted by Crippen LogP contribution is 2.48. The Hall–Kier alpha value is -1.96. The molecule has 3 heterocycles. The van der Waals surface area contributed by atoms with Crippen LogP contribution in [0.25, 0.3) is 0 Å². The molecule has 3 atom stereocenters. The van der Waals surface area contributed by atoms with E-state index in [1.165, 1.54) is 12.3 Å². The number of nitrogens with one attached hydrogen (secondary N) is 1. The zero-order chi connectivity index (χ0) is 16.0. The lowest BCUT2D eigenvalue weighted by Crippen LogP contribution is -2.73. The molecule has 3 aliphatic rings. The maximum absolute atomic E-state index is 12.8. The predicted molar refractivity (Wildman–Crippen MR) is 67.7 cm³/mol. The highest BCUT2D eigenvalue weighted by Gasteiger charge is 2.61. The van der Waals surface area contributed by atoms with Crippen molar-refractivity contribution in [3.63, 3.8) is 0 Å². The molecule has 2 aliphatic heterocycles. The van der Waals surface area contributed by atoms with Crippen LogP contribution in [0.2, 0.25) is 0 Å². The predicted octanol–water partition coefficient (Wildman–Crippen LogP) is 1.84. The molecule has 1 N–H and O–H groups in total. The van der Waals surface area contributed by atoms with Crippen molar-refractivity contribution in [2.45, 2.75) is 37.0 Å². The number of ether oxygens (including phenoxy) is 1. The lowest BCUT2D eigenvalue weighted by atomic mass is 9.66. The van der Waals surface area contributed by atoms with E-state index in [-0.39, 0.29) is 24.6 Å². The van der Waals surface area contributed by atoms with Gasteiger partial charge >= 0.3 is 18.1 Å². The van der Waals surface area contributed by atoms with Gasteiger partial charge in [-0.1, -0.05) is 6.07 Å². The molecule has 1 saturated carbocycles. The number of carbonyl (C=O) groups is 2. The second-order valence-electron chi connectivity index (χ2n) is 5.70. The average molecular weight is 314 g/mol.